The molecule has 0 saturated carbocycles. The number of carbonyl (C=O) groups is 2. The zero-order valence-electron chi connectivity index (χ0n) is 15.0. The first-order valence-corrected chi connectivity index (χ1v) is 9.37. The van der Waals surface area contributed by atoms with Gasteiger partial charge in [-0.2, -0.15) is 0 Å². The SMILES string of the molecule is N=C(N)N1CCC[C@@H](CNC(=O)C[C@H](N)C(=O)N2CCCCCC2)C1. The smallest absolute Gasteiger partial charge is 0.240 e. The van der Waals surface area contributed by atoms with Crippen LogP contribution in [0.4, 0.5) is 0 Å². The molecule has 8 heteroatoms. The number of likely N-dealkylation sites (tertiary alicyclic amines) is 2. The molecule has 2 aliphatic rings. The molecule has 0 spiro atoms. The van der Waals surface area contributed by atoms with Crippen molar-refractivity contribution in [2.45, 2.75) is 51.0 Å². The van der Waals surface area contributed by atoms with Crippen LogP contribution >= 0.6 is 0 Å². The van der Waals surface area contributed by atoms with Crippen LogP contribution in [-0.4, -0.2) is 66.3 Å². The molecule has 6 N–H and O–H groups in total. The molecule has 25 heavy (non-hydrogen) atoms. The highest BCUT2D eigenvalue weighted by atomic mass is 16.2. The van der Waals surface area contributed by atoms with E-state index in [1.807, 2.05) is 4.90 Å². The Morgan fingerprint density at radius 3 is 2.36 bits per heavy atom. The predicted molar refractivity (Wildman–Crippen MR) is 96.9 cm³/mol. The third-order valence-electron chi connectivity index (χ3n) is 5.09. The fourth-order valence-corrected chi connectivity index (χ4v) is 3.59. The van der Waals surface area contributed by atoms with Crippen molar-refractivity contribution >= 4 is 17.8 Å². The first-order chi connectivity index (χ1) is 12.0. The van der Waals surface area contributed by atoms with Gasteiger partial charge < -0.3 is 26.6 Å². The summed E-state index contributed by atoms with van der Waals surface area (Å²) >= 11 is 0. The fourth-order valence-electron chi connectivity index (χ4n) is 3.59. The minimum atomic E-state index is -0.766. The standard InChI is InChI=1S/C17H32N6O2/c18-14(16(25)22-7-3-1-2-4-8-22)10-15(24)21-11-13-6-5-9-23(12-13)17(19)20/h13-14H,1-12,18H2,(H3,19,20)(H,21,24)/t13-,14-/m0/s1. The lowest BCUT2D eigenvalue weighted by atomic mass is 9.98. The van der Waals surface area contributed by atoms with Crippen molar-refractivity contribution in [2.75, 3.05) is 32.7 Å². The Kier molecular flexibility index (Phi) is 7.49. The summed E-state index contributed by atoms with van der Waals surface area (Å²) < 4.78 is 0. The van der Waals surface area contributed by atoms with E-state index in [1.54, 1.807) is 4.90 Å². The predicted octanol–water partition coefficient (Wildman–Crippen LogP) is -0.172. The largest absolute Gasteiger partial charge is 0.370 e. The molecule has 2 amide bonds. The molecular weight excluding hydrogens is 320 g/mol. The van der Waals surface area contributed by atoms with E-state index in [-0.39, 0.29) is 30.1 Å². The van der Waals surface area contributed by atoms with Crippen LogP contribution in [0.2, 0.25) is 0 Å². The number of amides is 2. The van der Waals surface area contributed by atoms with E-state index in [4.69, 9.17) is 16.9 Å². The highest BCUT2D eigenvalue weighted by Crippen LogP contribution is 2.15. The third-order valence-corrected chi connectivity index (χ3v) is 5.09. The molecular formula is C17H32N6O2. The molecule has 2 heterocycles. The maximum absolute atomic E-state index is 12.4. The summed E-state index contributed by atoms with van der Waals surface area (Å²) in [5, 5.41) is 10.4. The number of hydrogen-bond acceptors (Lipinski definition) is 4. The molecule has 8 nitrogen and oxygen atoms in total. The van der Waals surface area contributed by atoms with Crippen LogP contribution in [0.3, 0.4) is 0 Å². The summed E-state index contributed by atoms with van der Waals surface area (Å²) in [6.07, 6.45) is 6.32. The van der Waals surface area contributed by atoms with Crippen LogP contribution in [0.15, 0.2) is 0 Å². The summed E-state index contributed by atoms with van der Waals surface area (Å²) in [6, 6.07) is -0.766. The molecule has 0 aliphatic carbocycles. The zero-order chi connectivity index (χ0) is 18.2. The molecule has 0 aromatic carbocycles. The molecule has 0 bridgehead atoms. The molecule has 2 aliphatic heterocycles. The lowest BCUT2D eigenvalue weighted by Gasteiger charge is -2.33. The fraction of sp³-hybridized carbons (Fsp3) is 0.824. The summed E-state index contributed by atoms with van der Waals surface area (Å²) in [5.74, 6) is 0.0633. The van der Waals surface area contributed by atoms with Crippen LogP contribution in [0, 0.1) is 11.3 Å². The van der Waals surface area contributed by atoms with Crippen LogP contribution < -0.4 is 16.8 Å². The van der Waals surface area contributed by atoms with Gasteiger partial charge in [-0.15, -0.1) is 0 Å². The van der Waals surface area contributed by atoms with Crippen molar-refractivity contribution in [1.82, 2.24) is 15.1 Å². The molecule has 0 radical (unpaired) electrons. The van der Waals surface area contributed by atoms with Crippen molar-refractivity contribution in [3.8, 4) is 0 Å². The number of hydrogen-bond donors (Lipinski definition) is 4. The molecule has 0 aromatic heterocycles. The lowest BCUT2D eigenvalue weighted by molar-refractivity contribution is -0.135. The average Bonchev–Trinajstić information content (AvgIpc) is 2.88. The molecule has 142 valence electrons. The van der Waals surface area contributed by atoms with Crippen LogP contribution in [-0.2, 0) is 9.59 Å². The van der Waals surface area contributed by atoms with Crippen LogP contribution in [0.25, 0.3) is 0 Å². The van der Waals surface area contributed by atoms with E-state index in [2.05, 4.69) is 5.32 Å². The summed E-state index contributed by atoms with van der Waals surface area (Å²) in [4.78, 5) is 28.1. The van der Waals surface area contributed by atoms with Gasteiger partial charge in [-0.05, 0) is 31.6 Å². The Hall–Kier alpha value is -1.83. The number of nitrogens with zero attached hydrogens (tertiary/aromatic N) is 2. The van der Waals surface area contributed by atoms with Gasteiger partial charge in [-0.1, -0.05) is 12.8 Å². The van der Waals surface area contributed by atoms with Gasteiger partial charge in [0.25, 0.3) is 0 Å². The van der Waals surface area contributed by atoms with Crippen molar-refractivity contribution in [1.29, 1.82) is 5.41 Å². The Morgan fingerprint density at radius 2 is 1.72 bits per heavy atom. The third kappa shape index (κ3) is 6.19. The first-order valence-electron chi connectivity index (χ1n) is 9.37. The normalized spacial score (nSPS) is 22.8. The second-order valence-corrected chi connectivity index (χ2v) is 7.19. The number of nitrogens with two attached hydrogens (primary N) is 2. The monoisotopic (exact) mass is 352 g/mol. The summed E-state index contributed by atoms with van der Waals surface area (Å²) in [7, 11) is 0. The van der Waals surface area contributed by atoms with E-state index >= 15 is 0 Å². The number of nitrogens with one attached hydrogen (secondary N) is 2. The Balaban J connectivity index is 1.71. The van der Waals surface area contributed by atoms with Gasteiger partial charge in [0.2, 0.25) is 11.8 Å². The Morgan fingerprint density at radius 1 is 1.08 bits per heavy atom. The number of guanidine groups is 1. The molecule has 2 saturated heterocycles. The number of piperidine rings is 1. The quantitative estimate of drug-likeness (QED) is 0.403. The highest BCUT2D eigenvalue weighted by Gasteiger charge is 2.25. The van der Waals surface area contributed by atoms with Gasteiger partial charge in [0.1, 0.15) is 0 Å². The van der Waals surface area contributed by atoms with Crippen LogP contribution in [0.1, 0.15) is 44.9 Å². The lowest BCUT2D eigenvalue weighted by Crippen LogP contribution is -2.48. The highest BCUT2D eigenvalue weighted by molar-refractivity contribution is 5.88. The minimum absolute atomic E-state index is 0.0263. The second kappa shape index (κ2) is 9.60. The van der Waals surface area contributed by atoms with Crippen molar-refractivity contribution < 1.29 is 9.59 Å². The van der Waals surface area contributed by atoms with Gasteiger partial charge in [0, 0.05) is 32.7 Å². The maximum Gasteiger partial charge on any atom is 0.240 e. The van der Waals surface area contributed by atoms with E-state index in [1.165, 1.54) is 0 Å². The Labute approximate surface area is 149 Å². The molecule has 0 aromatic rings. The van der Waals surface area contributed by atoms with Crippen LogP contribution in [0.5, 0.6) is 0 Å². The van der Waals surface area contributed by atoms with Gasteiger partial charge in [0.15, 0.2) is 5.96 Å². The average molecular weight is 352 g/mol. The topological polar surface area (TPSA) is 129 Å². The second-order valence-electron chi connectivity index (χ2n) is 7.19. The Bertz CT molecular complexity index is 476. The van der Waals surface area contributed by atoms with E-state index in [0.29, 0.717) is 13.1 Å². The van der Waals surface area contributed by atoms with E-state index in [9.17, 15) is 9.59 Å². The van der Waals surface area contributed by atoms with E-state index < -0.39 is 6.04 Å². The zero-order valence-corrected chi connectivity index (χ0v) is 15.0. The number of rotatable bonds is 5. The molecule has 2 rings (SSSR count). The van der Waals surface area contributed by atoms with Crippen molar-refractivity contribution in [3.63, 3.8) is 0 Å². The minimum Gasteiger partial charge on any atom is -0.370 e. The maximum atomic E-state index is 12.4. The molecule has 2 atom stereocenters. The van der Waals surface area contributed by atoms with Crippen molar-refractivity contribution in [3.05, 3.63) is 0 Å². The van der Waals surface area contributed by atoms with Crippen molar-refractivity contribution in [2.24, 2.45) is 17.4 Å². The summed E-state index contributed by atoms with van der Waals surface area (Å²) in [6.45, 7) is 3.52. The van der Waals surface area contributed by atoms with Gasteiger partial charge in [-0.25, -0.2) is 0 Å². The molecule has 2 fully saturated rings. The van der Waals surface area contributed by atoms with E-state index in [0.717, 1.165) is 58.2 Å². The number of carbonyl (C=O) groups excluding carboxylic acids is 2. The summed E-state index contributed by atoms with van der Waals surface area (Å²) in [5.41, 5.74) is 11.5. The first kappa shape index (κ1) is 19.5. The van der Waals surface area contributed by atoms with Gasteiger partial charge in [-0.3, -0.25) is 15.0 Å². The molecule has 0 unspecified atom stereocenters. The van der Waals surface area contributed by atoms with Gasteiger partial charge >= 0.3 is 0 Å². The van der Waals surface area contributed by atoms with Gasteiger partial charge in [0.05, 0.1) is 12.5 Å².